The molecule has 1 aliphatic rings. The number of hydrogen-bond acceptors (Lipinski definition) is 3. The summed E-state index contributed by atoms with van der Waals surface area (Å²) >= 11 is 0. The van der Waals surface area contributed by atoms with Gasteiger partial charge in [0.25, 0.3) is 5.91 Å². The van der Waals surface area contributed by atoms with Gasteiger partial charge in [0.05, 0.1) is 22.3 Å². The van der Waals surface area contributed by atoms with Gasteiger partial charge in [-0.3, -0.25) is 9.59 Å². The van der Waals surface area contributed by atoms with Gasteiger partial charge in [-0.25, -0.2) is 4.98 Å². The van der Waals surface area contributed by atoms with Crippen LogP contribution in [0, 0.1) is 0 Å². The first-order valence-corrected chi connectivity index (χ1v) is 8.11. The molecule has 9 heteroatoms. The van der Waals surface area contributed by atoms with Crippen LogP contribution in [0.2, 0.25) is 0 Å². The molecule has 0 aliphatic carbocycles. The highest BCUT2D eigenvalue weighted by Crippen LogP contribution is 2.33. The van der Waals surface area contributed by atoms with Crippen LogP contribution in [0.15, 0.2) is 42.5 Å². The minimum Gasteiger partial charge on any atom is -0.350 e. The summed E-state index contributed by atoms with van der Waals surface area (Å²) in [4.78, 5) is 28.1. The van der Waals surface area contributed by atoms with Crippen LogP contribution in [0.3, 0.4) is 0 Å². The van der Waals surface area contributed by atoms with E-state index in [-0.39, 0.29) is 11.6 Å². The lowest BCUT2D eigenvalue weighted by Gasteiger charge is -2.13. The molecule has 27 heavy (non-hydrogen) atoms. The summed E-state index contributed by atoms with van der Waals surface area (Å²) in [5.41, 5.74) is 1.94. The fourth-order valence-electron chi connectivity index (χ4n) is 3.15. The third-order valence-electron chi connectivity index (χ3n) is 4.31. The number of imidazole rings is 1. The first-order chi connectivity index (χ1) is 12.9. The Bertz CT molecular complexity index is 1070. The van der Waals surface area contributed by atoms with E-state index >= 15 is 0 Å². The molecule has 3 aromatic rings. The molecule has 138 valence electrons. The Kier molecular flexibility index (Phi) is 3.87. The van der Waals surface area contributed by atoms with Crippen molar-refractivity contribution in [3.63, 3.8) is 0 Å². The summed E-state index contributed by atoms with van der Waals surface area (Å²) in [5, 5.41) is 4.68. The first kappa shape index (κ1) is 17.1. The molecule has 0 fully saturated rings. The molecule has 0 saturated heterocycles. The summed E-state index contributed by atoms with van der Waals surface area (Å²) in [6.45, 7) is 0.749. The zero-order valence-electron chi connectivity index (χ0n) is 13.8. The highest BCUT2D eigenvalue weighted by Gasteiger charge is 2.39. The predicted molar refractivity (Wildman–Crippen MR) is 92.2 cm³/mol. The van der Waals surface area contributed by atoms with Crippen LogP contribution in [0.5, 0.6) is 0 Å². The molecule has 2 heterocycles. The van der Waals surface area contributed by atoms with Crippen LogP contribution in [0.1, 0.15) is 10.4 Å². The number of hydrogen-bond donors (Lipinski definition) is 2. The maximum atomic E-state index is 12.7. The number of nitrogens with one attached hydrogen (secondary N) is 2. The van der Waals surface area contributed by atoms with Crippen LogP contribution >= 0.6 is 0 Å². The van der Waals surface area contributed by atoms with Crippen molar-refractivity contribution in [3.05, 3.63) is 48.0 Å². The number of para-hydroxylation sites is 2. The van der Waals surface area contributed by atoms with Crippen LogP contribution in [0.25, 0.3) is 22.4 Å². The molecule has 0 saturated carbocycles. The average Bonchev–Trinajstić information content (AvgIpc) is 2.90. The molecule has 1 aromatic heterocycles. The van der Waals surface area contributed by atoms with E-state index in [1.165, 1.54) is 12.1 Å². The summed E-state index contributed by atoms with van der Waals surface area (Å²) in [6.07, 6.45) is -5.00. The van der Waals surface area contributed by atoms with Gasteiger partial charge in [-0.05, 0) is 24.3 Å². The summed E-state index contributed by atoms with van der Waals surface area (Å²) in [5.74, 6) is -1.91. The fourth-order valence-corrected chi connectivity index (χ4v) is 3.15. The van der Waals surface area contributed by atoms with Gasteiger partial charge in [0, 0.05) is 18.7 Å². The molecule has 0 atom stereocenters. The van der Waals surface area contributed by atoms with E-state index in [1.807, 2.05) is 5.32 Å². The second-order valence-electron chi connectivity index (χ2n) is 6.01. The second kappa shape index (κ2) is 6.11. The molecule has 2 amide bonds. The van der Waals surface area contributed by atoms with Gasteiger partial charge >= 0.3 is 12.1 Å². The maximum absolute atomic E-state index is 12.7. The van der Waals surface area contributed by atoms with Gasteiger partial charge in [0.2, 0.25) is 0 Å². The molecule has 6 nitrogen and oxygen atoms in total. The molecule has 0 spiro atoms. The normalized spacial score (nSPS) is 14.0. The van der Waals surface area contributed by atoms with E-state index in [2.05, 4.69) is 10.3 Å². The Morgan fingerprint density at radius 1 is 1.11 bits per heavy atom. The third kappa shape index (κ3) is 2.90. The second-order valence-corrected chi connectivity index (χ2v) is 6.01. The predicted octanol–water partition coefficient (Wildman–Crippen LogP) is 2.95. The Morgan fingerprint density at radius 3 is 2.63 bits per heavy atom. The fraction of sp³-hybridized carbons (Fsp3) is 0.167. The Hall–Kier alpha value is -3.36. The van der Waals surface area contributed by atoms with E-state index in [0.717, 1.165) is 0 Å². The number of carbonyl (C=O) groups is 2. The Labute approximate surface area is 151 Å². The lowest BCUT2D eigenvalue weighted by Crippen LogP contribution is -2.30. The zero-order valence-corrected chi connectivity index (χ0v) is 13.8. The number of alkyl halides is 3. The van der Waals surface area contributed by atoms with Gasteiger partial charge in [-0.15, -0.1) is 0 Å². The number of rotatable bonds is 2. The molecular weight excluding hydrogens is 361 g/mol. The van der Waals surface area contributed by atoms with E-state index in [9.17, 15) is 22.8 Å². The van der Waals surface area contributed by atoms with Crippen molar-refractivity contribution in [2.24, 2.45) is 0 Å². The smallest absolute Gasteiger partial charge is 0.350 e. The highest BCUT2D eigenvalue weighted by atomic mass is 19.4. The summed E-state index contributed by atoms with van der Waals surface area (Å²) < 4.78 is 39.8. The minimum absolute atomic E-state index is 0.00327. The van der Waals surface area contributed by atoms with Gasteiger partial charge in [0.1, 0.15) is 5.82 Å². The van der Waals surface area contributed by atoms with Gasteiger partial charge in [0.15, 0.2) is 0 Å². The quantitative estimate of drug-likeness (QED) is 0.724. The van der Waals surface area contributed by atoms with Crippen LogP contribution in [0.4, 0.5) is 18.9 Å². The molecule has 0 unspecified atom stereocenters. The number of aromatic nitrogens is 2. The first-order valence-electron chi connectivity index (χ1n) is 8.11. The number of amides is 2. The maximum Gasteiger partial charge on any atom is 0.471 e. The molecule has 2 N–H and O–H groups in total. The molecule has 2 aromatic carbocycles. The van der Waals surface area contributed by atoms with Crippen molar-refractivity contribution in [3.8, 4) is 11.4 Å². The summed E-state index contributed by atoms with van der Waals surface area (Å²) in [6, 6.07) is 11.2. The standard InChI is InChI=1S/C18H13F3N4O2/c19-18(20,21)17(27)24-12-6-2-1-4-10(12)15-23-13-7-3-5-11-14(13)25(15)9-8-22-16(11)26/h1-7H,8-9H2,(H,22,26)(H,24,27). The third-order valence-corrected chi connectivity index (χ3v) is 4.31. The average molecular weight is 374 g/mol. The lowest BCUT2D eigenvalue weighted by molar-refractivity contribution is -0.167. The molecular formula is C18H13F3N4O2. The minimum atomic E-state index is -5.00. The number of halogens is 3. The highest BCUT2D eigenvalue weighted by molar-refractivity contribution is 6.06. The Balaban J connectivity index is 1.89. The van der Waals surface area contributed by atoms with Crippen molar-refractivity contribution < 1.29 is 22.8 Å². The SMILES string of the molecule is O=C1NCCn2c(-c3ccccc3NC(=O)C(F)(F)F)nc3cccc1c32. The zero-order chi connectivity index (χ0) is 19.2. The molecule has 1 aliphatic heterocycles. The molecule has 0 radical (unpaired) electrons. The number of benzene rings is 2. The topological polar surface area (TPSA) is 76.0 Å². The van der Waals surface area contributed by atoms with Crippen LogP contribution in [-0.4, -0.2) is 34.1 Å². The largest absolute Gasteiger partial charge is 0.471 e. The monoisotopic (exact) mass is 374 g/mol. The van der Waals surface area contributed by atoms with Crippen molar-refractivity contribution in [2.75, 3.05) is 11.9 Å². The van der Waals surface area contributed by atoms with Crippen molar-refractivity contribution in [1.29, 1.82) is 0 Å². The van der Waals surface area contributed by atoms with Crippen molar-refractivity contribution in [1.82, 2.24) is 14.9 Å². The number of carbonyl (C=O) groups excluding carboxylic acids is 2. The molecule has 4 rings (SSSR count). The van der Waals surface area contributed by atoms with E-state index in [4.69, 9.17) is 0 Å². The van der Waals surface area contributed by atoms with E-state index in [0.29, 0.717) is 41.1 Å². The van der Waals surface area contributed by atoms with Crippen molar-refractivity contribution in [2.45, 2.75) is 12.7 Å². The lowest BCUT2D eigenvalue weighted by atomic mass is 10.1. The van der Waals surface area contributed by atoms with Gasteiger partial charge < -0.3 is 15.2 Å². The van der Waals surface area contributed by atoms with Gasteiger partial charge in [-0.1, -0.05) is 18.2 Å². The van der Waals surface area contributed by atoms with E-state index < -0.39 is 12.1 Å². The molecule has 0 bridgehead atoms. The summed E-state index contributed by atoms with van der Waals surface area (Å²) in [7, 11) is 0. The van der Waals surface area contributed by atoms with Crippen LogP contribution in [-0.2, 0) is 11.3 Å². The van der Waals surface area contributed by atoms with Crippen LogP contribution < -0.4 is 10.6 Å². The van der Waals surface area contributed by atoms with E-state index in [1.54, 1.807) is 34.9 Å². The Morgan fingerprint density at radius 2 is 1.85 bits per heavy atom. The number of nitrogens with zero attached hydrogens (tertiary/aromatic N) is 2. The van der Waals surface area contributed by atoms with Crippen molar-refractivity contribution >= 4 is 28.5 Å². The van der Waals surface area contributed by atoms with Gasteiger partial charge in [-0.2, -0.15) is 13.2 Å². The number of anilines is 1.